The number of carbonyl (C=O) groups excluding carboxylic acids is 1. The van der Waals surface area contributed by atoms with E-state index >= 15 is 0 Å². The molecule has 1 amide bonds. The van der Waals surface area contributed by atoms with Crippen LogP contribution in [-0.2, 0) is 0 Å². The Kier molecular flexibility index (Phi) is 4.60. The van der Waals surface area contributed by atoms with E-state index in [1.165, 1.54) is 6.33 Å². The van der Waals surface area contributed by atoms with Gasteiger partial charge in [-0.3, -0.25) is 4.79 Å². The second kappa shape index (κ2) is 5.23. The summed E-state index contributed by atoms with van der Waals surface area (Å²) in [5.74, 6) is -0.523. The number of nitrogens with zero attached hydrogens (tertiary/aromatic N) is 2. The van der Waals surface area contributed by atoms with Gasteiger partial charge in [0.1, 0.15) is 12.0 Å². The molecular formula is C8H13N3O. The van der Waals surface area contributed by atoms with Gasteiger partial charge >= 0.3 is 0 Å². The molecular weight excluding hydrogens is 154 g/mol. The maximum absolute atomic E-state index is 10.5. The molecule has 0 saturated heterocycles. The number of aromatic nitrogens is 2. The molecule has 0 spiro atoms. The predicted octanol–water partition coefficient (Wildman–Crippen LogP) is 0.910. The van der Waals surface area contributed by atoms with Crippen molar-refractivity contribution in [1.29, 1.82) is 0 Å². The molecule has 0 aliphatic carbocycles. The standard InChI is InChI=1S/C6H7N3O.C2H6/c1-4-2-5(6(7)10)9-3-8-4;1-2/h2-3H,1H3,(H2,7,10);1-2H3. The van der Waals surface area contributed by atoms with E-state index in [9.17, 15) is 4.79 Å². The number of hydrogen-bond donors (Lipinski definition) is 1. The van der Waals surface area contributed by atoms with Crippen LogP contribution in [0.3, 0.4) is 0 Å². The van der Waals surface area contributed by atoms with E-state index in [2.05, 4.69) is 9.97 Å². The number of primary amides is 1. The SMILES string of the molecule is CC.Cc1cc(C(N)=O)ncn1. The molecule has 0 aliphatic rings. The van der Waals surface area contributed by atoms with E-state index in [0.717, 1.165) is 5.69 Å². The van der Waals surface area contributed by atoms with Gasteiger partial charge in [-0.2, -0.15) is 0 Å². The number of amides is 1. The minimum atomic E-state index is -0.523. The average Bonchev–Trinajstić information content (AvgIpc) is 2.08. The highest BCUT2D eigenvalue weighted by Gasteiger charge is 1.99. The fourth-order valence-corrected chi connectivity index (χ4v) is 0.589. The van der Waals surface area contributed by atoms with Crippen molar-refractivity contribution in [1.82, 2.24) is 9.97 Å². The molecule has 0 atom stereocenters. The van der Waals surface area contributed by atoms with Gasteiger partial charge in [0.2, 0.25) is 0 Å². The fraction of sp³-hybridized carbons (Fsp3) is 0.375. The molecule has 0 radical (unpaired) electrons. The molecule has 1 aromatic rings. The third-order valence-electron chi connectivity index (χ3n) is 1.06. The zero-order valence-corrected chi connectivity index (χ0v) is 7.53. The van der Waals surface area contributed by atoms with Crippen LogP contribution in [0.25, 0.3) is 0 Å². The van der Waals surface area contributed by atoms with Gasteiger partial charge in [-0.25, -0.2) is 9.97 Å². The zero-order valence-electron chi connectivity index (χ0n) is 7.53. The molecule has 0 aromatic carbocycles. The Morgan fingerprint density at radius 3 is 2.33 bits per heavy atom. The van der Waals surface area contributed by atoms with E-state index in [1.807, 2.05) is 13.8 Å². The molecule has 0 unspecified atom stereocenters. The van der Waals surface area contributed by atoms with Gasteiger partial charge in [0, 0.05) is 5.69 Å². The van der Waals surface area contributed by atoms with Gasteiger partial charge in [0.15, 0.2) is 0 Å². The number of carbonyl (C=O) groups is 1. The van der Waals surface area contributed by atoms with Crippen molar-refractivity contribution < 1.29 is 4.79 Å². The van der Waals surface area contributed by atoms with Gasteiger partial charge in [0.25, 0.3) is 5.91 Å². The first-order valence-electron chi connectivity index (χ1n) is 3.78. The van der Waals surface area contributed by atoms with Crippen LogP contribution in [0.5, 0.6) is 0 Å². The lowest BCUT2D eigenvalue weighted by Gasteiger charge is -1.92. The van der Waals surface area contributed by atoms with Crippen molar-refractivity contribution in [2.45, 2.75) is 20.8 Å². The lowest BCUT2D eigenvalue weighted by Crippen LogP contribution is -2.13. The largest absolute Gasteiger partial charge is 0.364 e. The summed E-state index contributed by atoms with van der Waals surface area (Å²) in [6.07, 6.45) is 1.31. The van der Waals surface area contributed by atoms with Crippen molar-refractivity contribution >= 4 is 5.91 Å². The van der Waals surface area contributed by atoms with E-state index < -0.39 is 5.91 Å². The first-order chi connectivity index (χ1) is 5.70. The molecule has 4 heteroatoms. The van der Waals surface area contributed by atoms with Gasteiger partial charge in [-0.15, -0.1) is 0 Å². The van der Waals surface area contributed by atoms with Crippen LogP contribution >= 0.6 is 0 Å². The summed E-state index contributed by atoms with van der Waals surface area (Å²) in [7, 11) is 0. The zero-order chi connectivity index (χ0) is 9.56. The van der Waals surface area contributed by atoms with E-state index in [0.29, 0.717) is 0 Å². The smallest absolute Gasteiger partial charge is 0.267 e. The first-order valence-corrected chi connectivity index (χ1v) is 3.78. The highest BCUT2D eigenvalue weighted by molar-refractivity contribution is 5.90. The number of aryl methyl sites for hydroxylation is 1. The van der Waals surface area contributed by atoms with Crippen LogP contribution in [0, 0.1) is 6.92 Å². The van der Waals surface area contributed by atoms with Crippen LogP contribution in [0.15, 0.2) is 12.4 Å². The Hall–Kier alpha value is -1.45. The lowest BCUT2D eigenvalue weighted by molar-refractivity contribution is 0.0995. The summed E-state index contributed by atoms with van der Waals surface area (Å²) >= 11 is 0. The molecule has 4 nitrogen and oxygen atoms in total. The Bertz CT molecular complexity index is 260. The van der Waals surface area contributed by atoms with Crippen molar-refractivity contribution in [3.8, 4) is 0 Å². The van der Waals surface area contributed by atoms with Crippen molar-refractivity contribution in [2.24, 2.45) is 5.73 Å². The van der Waals surface area contributed by atoms with Crippen molar-refractivity contribution in [3.63, 3.8) is 0 Å². The van der Waals surface area contributed by atoms with E-state index in [-0.39, 0.29) is 5.69 Å². The maximum Gasteiger partial charge on any atom is 0.267 e. The van der Waals surface area contributed by atoms with Crippen LogP contribution in [0.2, 0.25) is 0 Å². The summed E-state index contributed by atoms with van der Waals surface area (Å²) in [6.45, 7) is 5.77. The molecule has 12 heavy (non-hydrogen) atoms. The predicted molar refractivity (Wildman–Crippen MR) is 46.6 cm³/mol. The topological polar surface area (TPSA) is 68.9 Å². The van der Waals surface area contributed by atoms with Gasteiger partial charge < -0.3 is 5.73 Å². The lowest BCUT2D eigenvalue weighted by atomic mass is 10.3. The second-order valence-electron chi connectivity index (χ2n) is 1.91. The number of hydrogen-bond acceptors (Lipinski definition) is 3. The molecule has 0 saturated carbocycles. The van der Waals surface area contributed by atoms with Crippen LogP contribution in [-0.4, -0.2) is 15.9 Å². The Labute approximate surface area is 71.8 Å². The maximum atomic E-state index is 10.5. The number of nitrogens with two attached hydrogens (primary N) is 1. The van der Waals surface area contributed by atoms with Gasteiger partial charge in [-0.05, 0) is 13.0 Å². The van der Waals surface area contributed by atoms with Crippen molar-refractivity contribution in [3.05, 3.63) is 23.8 Å². The highest BCUT2D eigenvalue weighted by Crippen LogP contribution is 1.93. The Morgan fingerprint density at radius 2 is 2.00 bits per heavy atom. The molecule has 1 aromatic heterocycles. The van der Waals surface area contributed by atoms with Crippen molar-refractivity contribution in [2.75, 3.05) is 0 Å². The summed E-state index contributed by atoms with van der Waals surface area (Å²) < 4.78 is 0. The van der Waals surface area contributed by atoms with Gasteiger partial charge in [-0.1, -0.05) is 13.8 Å². The Balaban J connectivity index is 0.000000561. The molecule has 66 valence electrons. The third-order valence-corrected chi connectivity index (χ3v) is 1.06. The summed E-state index contributed by atoms with van der Waals surface area (Å²) in [4.78, 5) is 17.9. The van der Waals surface area contributed by atoms with E-state index in [4.69, 9.17) is 5.73 Å². The molecule has 1 rings (SSSR count). The monoisotopic (exact) mass is 167 g/mol. The van der Waals surface area contributed by atoms with Crippen LogP contribution < -0.4 is 5.73 Å². The normalized spacial score (nSPS) is 8.25. The van der Waals surface area contributed by atoms with Gasteiger partial charge in [0.05, 0.1) is 0 Å². The summed E-state index contributed by atoms with van der Waals surface area (Å²) in [5, 5.41) is 0. The Morgan fingerprint density at radius 1 is 1.42 bits per heavy atom. The molecule has 0 fully saturated rings. The highest BCUT2D eigenvalue weighted by atomic mass is 16.1. The number of rotatable bonds is 1. The fourth-order valence-electron chi connectivity index (χ4n) is 0.589. The minimum Gasteiger partial charge on any atom is -0.364 e. The molecule has 1 heterocycles. The molecule has 0 aliphatic heterocycles. The van der Waals surface area contributed by atoms with E-state index in [1.54, 1.807) is 13.0 Å². The third kappa shape index (κ3) is 3.09. The van der Waals surface area contributed by atoms with Crippen LogP contribution in [0.4, 0.5) is 0 Å². The first kappa shape index (κ1) is 10.6. The molecule has 2 N–H and O–H groups in total. The molecule has 0 bridgehead atoms. The minimum absolute atomic E-state index is 0.257. The summed E-state index contributed by atoms with van der Waals surface area (Å²) in [6, 6.07) is 1.54. The quantitative estimate of drug-likeness (QED) is 0.675. The van der Waals surface area contributed by atoms with Crippen LogP contribution in [0.1, 0.15) is 30.0 Å². The second-order valence-corrected chi connectivity index (χ2v) is 1.91. The summed E-state index contributed by atoms with van der Waals surface area (Å²) in [5.41, 5.74) is 5.95. The average molecular weight is 167 g/mol.